The van der Waals surface area contributed by atoms with Crippen LogP contribution in [0.4, 0.5) is 0 Å². The highest BCUT2D eigenvalue weighted by atomic mass is 32.2. The highest BCUT2D eigenvalue weighted by molar-refractivity contribution is 7.85. The predicted octanol–water partition coefficient (Wildman–Crippen LogP) is -1.20. The second-order valence-corrected chi connectivity index (χ2v) is 3.87. The Hall–Kier alpha value is -1.19. The quantitative estimate of drug-likeness (QED) is 0.440. The van der Waals surface area contributed by atoms with Crippen LogP contribution in [-0.2, 0) is 19.7 Å². The van der Waals surface area contributed by atoms with Crippen LogP contribution in [0.25, 0.3) is 0 Å². The Morgan fingerprint density at radius 1 is 1.00 bits per heavy atom. The molecule has 0 aliphatic heterocycles. The molecule has 0 rings (SSSR count). The molecule has 4 N–H and O–H groups in total. The second-order valence-electron chi connectivity index (χ2n) is 2.30. The minimum absolute atomic E-state index is 0.296. The van der Waals surface area contributed by atoms with Gasteiger partial charge >= 0.3 is 11.9 Å². The van der Waals surface area contributed by atoms with Gasteiger partial charge in [-0.2, -0.15) is 8.42 Å². The predicted molar refractivity (Wildman–Crippen MR) is 48.0 cm³/mol. The third-order valence-corrected chi connectivity index (χ3v) is 1.60. The molecule has 0 amide bonds. The van der Waals surface area contributed by atoms with Crippen LogP contribution in [0.1, 0.15) is 12.8 Å². The van der Waals surface area contributed by atoms with Crippen molar-refractivity contribution in [2.24, 2.45) is 0 Å². The van der Waals surface area contributed by atoms with E-state index in [2.05, 4.69) is 0 Å². The lowest BCUT2D eigenvalue weighted by Gasteiger charge is -1.85. The van der Waals surface area contributed by atoms with Crippen LogP contribution in [0.5, 0.6) is 0 Å². The molecular formula is C6H12O8S. The summed E-state index contributed by atoms with van der Waals surface area (Å²) in [6.07, 6.45) is -0.593. The topological polar surface area (TPSA) is 149 Å². The number of aliphatic hydroxyl groups is 1. The number of carbonyl (C=O) groups is 2. The molecule has 0 radical (unpaired) electrons. The van der Waals surface area contributed by atoms with E-state index in [1.165, 1.54) is 0 Å². The maximum Gasteiger partial charge on any atom is 0.303 e. The van der Waals surface area contributed by atoms with Gasteiger partial charge in [-0.05, 0) is 0 Å². The van der Waals surface area contributed by atoms with Crippen molar-refractivity contribution in [1.29, 1.82) is 0 Å². The molecule has 9 heteroatoms. The first-order valence-corrected chi connectivity index (χ1v) is 5.29. The summed E-state index contributed by atoms with van der Waals surface area (Å²) in [5, 5.41) is 23.7. The van der Waals surface area contributed by atoms with E-state index in [1.54, 1.807) is 0 Å². The number of aliphatic carboxylic acids is 2. The van der Waals surface area contributed by atoms with Crippen molar-refractivity contribution in [3.63, 3.8) is 0 Å². The van der Waals surface area contributed by atoms with Crippen LogP contribution in [0.3, 0.4) is 0 Å². The van der Waals surface area contributed by atoms with E-state index < -0.39 is 34.4 Å². The number of hydrogen-bond acceptors (Lipinski definition) is 5. The lowest BCUT2D eigenvalue weighted by atomic mass is 10.3. The number of hydrogen-bond donors (Lipinski definition) is 4. The monoisotopic (exact) mass is 244 g/mol. The highest BCUT2D eigenvalue weighted by Gasteiger charge is 2.00. The number of carboxylic acid groups (broad SMARTS) is 2. The fraction of sp³-hybridized carbons (Fsp3) is 0.667. The van der Waals surface area contributed by atoms with Crippen molar-refractivity contribution >= 4 is 22.1 Å². The van der Waals surface area contributed by atoms with Gasteiger partial charge < -0.3 is 15.3 Å². The third kappa shape index (κ3) is 24.5. The van der Waals surface area contributed by atoms with Crippen molar-refractivity contribution in [1.82, 2.24) is 0 Å². The lowest BCUT2D eigenvalue weighted by molar-refractivity contribution is -0.143. The summed E-state index contributed by atoms with van der Waals surface area (Å²) >= 11 is 0. The van der Waals surface area contributed by atoms with Gasteiger partial charge in [0.05, 0.1) is 25.2 Å². The third-order valence-electron chi connectivity index (χ3n) is 0.902. The first-order valence-electron chi connectivity index (χ1n) is 3.68. The van der Waals surface area contributed by atoms with Crippen LogP contribution in [0, 0.1) is 0 Å². The molecule has 0 aromatic heterocycles. The summed E-state index contributed by atoms with van der Waals surface area (Å²) in [6, 6.07) is 0. The zero-order valence-corrected chi connectivity index (χ0v) is 8.48. The summed E-state index contributed by atoms with van der Waals surface area (Å²) in [5.41, 5.74) is 0. The lowest BCUT2D eigenvalue weighted by Crippen LogP contribution is -2.06. The van der Waals surface area contributed by atoms with E-state index in [9.17, 15) is 18.0 Å². The number of carboxylic acids is 2. The van der Waals surface area contributed by atoms with Gasteiger partial charge in [-0.3, -0.25) is 14.1 Å². The van der Waals surface area contributed by atoms with Gasteiger partial charge in [0.25, 0.3) is 10.1 Å². The second kappa shape index (κ2) is 8.15. The van der Waals surface area contributed by atoms with Gasteiger partial charge in [-0.1, -0.05) is 0 Å². The molecule has 0 aliphatic rings. The molecule has 0 aromatic carbocycles. The Morgan fingerprint density at radius 3 is 1.40 bits per heavy atom. The average Bonchev–Trinajstić information content (AvgIpc) is 1.99. The van der Waals surface area contributed by atoms with Crippen LogP contribution >= 0.6 is 0 Å². The van der Waals surface area contributed by atoms with Crippen molar-refractivity contribution < 1.29 is 37.9 Å². The van der Waals surface area contributed by atoms with Gasteiger partial charge in [-0.15, -0.1) is 0 Å². The fourth-order valence-corrected chi connectivity index (χ4v) is 0.560. The summed E-state index contributed by atoms with van der Waals surface area (Å²) < 4.78 is 27.1. The molecule has 90 valence electrons. The smallest absolute Gasteiger partial charge is 0.303 e. The van der Waals surface area contributed by atoms with E-state index in [0.717, 1.165) is 0 Å². The molecular weight excluding hydrogens is 232 g/mol. The maximum atomic E-state index is 9.64. The van der Waals surface area contributed by atoms with Gasteiger partial charge in [0.1, 0.15) is 0 Å². The zero-order valence-electron chi connectivity index (χ0n) is 7.66. The molecule has 0 atom stereocenters. The standard InChI is InChI=1S/C4H6O4.C2H6O4S/c5-3(6)1-2-4(7)8;3-1-2-7(4,5)6/h1-2H2,(H,5,6)(H,7,8);3H,1-2H2,(H,4,5,6). The van der Waals surface area contributed by atoms with Gasteiger partial charge in [-0.25, -0.2) is 0 Å². The molecule has 8 nitrogen and oxygen atoms in total. The first-order chi connectivity index (χ1) is 6.69. The summed E-state index contributed by atoms with van der Waals surface area (Å²) in [6.45, 7) is -0.529. The Morgan fingerprint density at radius 2 is 1.33 bits per heavy atom. The van der Waals surface area contributed by atoms with E-state index in [0.29, 0.717) is 0 Å². The fourth-order valence-electron chi connectivity index (χ4n) is 0.329. The summed E-state index contributed by atoms with van der Waals surface area (Å²) in [4.78, 5) is 19.3. The Balaban J connectivity index is 0. The largest absolute Gasteiger partial charge is 0.481 e. The Labute approximate surface area is 85.9 Å². The van der Waals surface area contributed by atoms with Crippen molar-refractivity contribution in [3.8, 4) is 0 Å². The number of aliphatic hydroxyl groups excluding tert-OH is 1. The van der Waals surface area contributed by atoms with E-state index in [1.807, 2.05) is 0 Å². The molecule has 0 aliphatic carbocycles. The molecule has 0 bridgehead atoms. The molecule has 15 heavy (non-hydrogen) atoms. The molecule has 0 heterocycles. The Bertz CT molecular complexity index is 278. The van der Waals surface area contributed by atoms with Crippen LogP contribution < -0.4 is 0 Å². The SMILES string of the molecule is O=C(O)CCC(=O)O.O=S(=O)(O)CCO. The average molecular weight is 244 g/mol. The van der Waals surface area contributed by atoms with Gasteiger partial charge in [0, 0.05) is 0 Å². The van der Waals surface area contributed by atoms with Gasteiger partial charge in [0.15, 0.2) is 0 Å². The van der Waals surface area contributed by atoms with Crippen LogP contribution in [-0.4, -0.2) is 52.6 Å². The zero-order chi connectivity index (χ0) is 12.5. The molecule has 0 spiro atoms. The summed E-state index contributed by atoms with van der Waals surface area (Å²) in [7, 11) is -3.92. The minimum atomic E-state index is -3.92. The van der Waals surface area contributed by atoms with Crippen LogP contribution in [0.2, 0.25) is 0 Å². The highest BCUT2D eigenvalue weighted by Crippen LogP contribution is 1.86. The summed E-state index contributed by atoms with van der Waals surface area (Å²) in [5.74, 6) is -2.73. The van der Waals surface area contributed by atoms with Gasteiger partial charge in [0.2, 0.25) is 0 Å². The normalized spacial score (nSPS) is 10.0. The maximum absolute atomic E-state index is 9.64. The molecule has 0 saturated carbocycles. The van der Waals surface area contributed by atoms with Crippen molar-refractivity contribution in [2.45, 2.75) is 12.8 Å². The number of rotatable bonds is 5. The molecule has 0 fully saturated rings. The molecule has 0 saturated heterocycles. The van der Waals surface area contributed by atoms with E-state index >= 15 is 0 Å². The van der Waals surface area contributed by atoms with Crippen LogP contribution in [0.15, 0.2) is 0 Å². The molecule has 0 aromatic rings. The minimum Gasteiger partial charge on any atom is -0.481 e. The molecule has 0 unspecified atom stereocenters. The van der Waals surface area contributed by atoms with E-state index in [4.69, 9.17) is 19.9 Å². The first kappa shape index (κ1) is 16.2. The van der Waals surface area contributed by atoms with Crippen molar-refractivity contribution in [3.05, 3.63) is 0 Å². The Kier molecular flexibility index (Phi) is 8.82. The van der Waals surface area contributed by atoms with E-state index in [-0.39, 0.29) is 12.8 Å². The van der Waals surface area contributed by atoms with Crippen molar-refractivity contribution in [2.75, 3.05) is 12.4 Å².